The molecular weight excluding hydrogens is 252 g/mol. The number of nitrogens with two attached hydrogens (primary N) is 1. The maximum absolute atomic E-state index is 5.96. The fourth-order valence-electron chi connectivity index (χ4n) is 1.55. The Labute approximate surface area is 110 Å². The first-order valence-electron chi connectivity index (χ1n) is 5.73. The maximum Gasteiger partial charge on any atom is 0.150 e. The van der Waals surface area contributed by atoms with Gasteiger partial charge < -0.3 is 15.6 Å². The van der Waals surface area contributed by atoms with Gasteiger partial charge in [-0.15, -0.1) is 0 Å². The Balaban J connectivity index is 1.70. The summed E-state index contributed by atoms with van der Waals surface area (Å²) in [7, 11) is 0. The smallest absolute Gasteiger partial charge is 0.150 e. The summed E-state index contributed by atoms with van der Waals surface area (Å²) in [6, 6.07) is 0. The second kappa shape index (κ2) is 6.20. The summed E-state index contributed by atoms with van der Waals surface area (Å²) in [5.41, 5.74) is 5.58. The van der Waals surface area contributed by atoms with Gasteiger partial charge in [-0.1, -0.05) is 11.6 Å². The Bertz CT molecular complexity index is 484. The highest BCUT2D eigenvalue weighted by Crippen LogP contribution is 2.22. The van der Waals surface area contributed by atoms with E-state index in [1.165, 1.54) is 6.33 Å². The van der Waals surface area contributed by atoms with Crippen LogP contribution in [0.2, 0.25) is 5.02 Å². The van der Waals surface area contributed by atoms with E-state index in [4.69, 9.17) is 17.3 Å². The van der Waals surface area contributed by atoms with E-state index in [-0.39, 0.29) is 0 Å². The molecule has 96 valence electrons. The van der Waals surface area contributed by atoms with Gasteiger partial charge in [0.15, 0.2) is 0 Å². The average Bonchev–Trinajstić information content (AvgIpc) is 2.87. The number of hydrogen-bond acceptors (Lipinski definition) is 5. The molecule has 2 heterocycles. The van der Waals surface area contributed by atoms with E-state index < -0.39 is 0 Å². The molecule has 0 amide bonds. The number of unbranched alkanes of at least 4 members (excludes halogenated alkanes) is 1. The third-order valence-corrected chi connectivity index (χ3v) is 2.88. The minimum Gasteiger partial charge on any atom is -0.382 e. The van der Waals surface area contributed by atoms with Crippen molar-refractivity contribution in [3.05, 3.63) is 30.1 Å². The summed E-state index contributed by atoms with van der Waals surface area (Å²) in [5, 5.41) is 3.53. The van der Waals surface area contributed by atoms with Gasteiger partial charge in [-0.2, -0.15) is 0 Å². The van der Waals surface area contributed by atoms with Gasteiger partial charge in [0, 0.05) is 25.5 Å². The van der Waals surface area contributed by atoms with E-state index in [2.05, 4.69) is 24.8 Å². The van der Waals surface area contributed by atoms with Gasteiger partial charge in [0.2, 0.25) is 0 Å². The molecule has 0 saturated heterocycles. The highest BCUT2D eigenvalue weighted by Gasteiger charge is 2.04. The van der Waals surface area contributed by atoms with Crippen molar-refractivity contribution in [1.82, 2.24) is 19.5 Å². The van der Waals surface area contributed by atoms with Crippen molar-refractivity contribution >= 4 is 23.2 Å². The molecule has 3 N–H and O–H groups in total. The normalized spacial score (nSPS) is 10.5. The predicted molar refractivity (Wildman–Crippen MR) is 71.4 cm³/mol. The zero-order valence-corrected chi connectivity index (χ0v) is 10.6. The van der Waals surface area contributed by atoms with E-state index >= 15 is 0 Å². The van der Waals surface area contributed by atoms with E-state index in [0.29, 0.717) is 16.7 Å². The number of imidazole rings is 1. The molecule has 0 aromatic carbocycles. The molecule has 0 fully saturated rings. The lowest BCUT2D eigenvalue weighted by Gasteiger charge is -2.08. The second-order valence-electron chi connectivity index (χ2n) is 3.86. The van der Waals surface area contributed by atoms with Crippen molar-refractivity contribution in [2.45, 2.75) is 19.4 Å². The van der Waals surface area contributed by atoms with E-state index in [9.17, 15) is 0 Å². The molecular formula is C11H15ClN6. The van der Waals surface area contributed by atoms with Gasteiger partial charge in [-0.05, 0) is 12.8 Å². The lowest BCUT2D eigenvalue weighted by Crippen LogP contribution is -2.07. The molecule has 0 unspecified atom stereocenters. The summed E-state index contributed by atoms with van der Waals surface area (Å²) in [5.74, 6) is 0.888. The van der Waals surface area contributed by atoms with Gasteiger partial charge in [0.05, 0.1) is 6.33 Å². The zero-order valence-electron chi connectivity index (χ0n) is 9.88. The molecule has 18 heavy (non-hydrogen) atoms. The highest BCUT2D eigenvalue weighted by atomic mass is 35.5. The first-order valence-corrected chi connectivity index (χ1v) is 6.11. The number of nitrogen functional groups attached to an aromatic ring is 1. The molecule has 0 spiro atoms. The minimum atomic E-state index is 0.299. The lowest BCUT2D eigenvalue weighted by atomic mass is 10.3. The van der Waals surface area contributed by atoms with Crippen molar-refractivity contribution in [2.24, 2.45) is 0 Å². The van der Waals surface area contributed by atoms with Crippen LogP contribution in [0.3, 0.4) is 0 Å². The minimum absolute atomic E-state index is 0.299. The fraction of sp³-hybridized carbons (Fsp3) is 0.364. The van der Waals surface area contributed by atoms with Crippen LogP contribution in [0.4, 0.5) is 11.6 Å². The average molecular weight is 267 g/mol. The molecule has 0 bridgehead atoms. The third-order valence-electron chi connectivity index (χ3n) is 2.51. The first kappa shape index (κ1) is 12.6. The number of nitrogens with one attached hydrogen (secondary N) is 1. The summed E-state index contributed by atoms with van der Waals surface area (Å²) in [6.07, 6.45) is 9.02. The highest BCUT2D eigenvalue weighted by molar-refractivity contribution is 6.35. The summed E-state index contributed by atoms with van der Waals surface area (Å²) in [4.78, 5) is 11.8. The second-order valence-corrected chi connectivity index (χ2v) is 4.23. The molecule has 6 nitrogen and oxygen atoms in total. The Morgan fingerprint density at radius 1 is 1.33 bits per heavy atom. The molecule has 2 aromatic rings. The van der Waals surface area contributed by atoms with Gasteiger partial charge in [-0.25, -0.2) is 15.0 Å². The molecule has 0 atom stereocenters. The number of aromatic nitrogens is 4. The topological polar surface area (TPSA) is 81.6 Å². The van der Waals surface area contributed by atoms with Crippen LogP contribution in [0, 0.1) is 0 Å². The van der Waals surface area contributed by atoms with Crippen molar-refractivity contribution in [1.29, 1.82) is 0 Å². The number of rotatable bonds is 6. The molecule has 2 rings (SSSR count). The van der Waals surface area contributed by atoms with E-state index in [1.807, 2.05) is 12.5 Å². The quantitative estimate of drug-likeness (QED) is 0.779. The van der Waals surface area contributed by atoms with Crippen molar-refractivity contribution in [3.63, 3.8) is 0 Å². The van der Waals surface area contributed by atoms with Crippen molar-refractivity contribution in [3.8, 4) is 0 Å². The van der Waals surface area contributed by atoms with Crippen LogP contribution in [0.1, 0.15) is 12.8 Å². The molecule has 0 aliphatic carbocycles. The van der Waals surface area contributed by atoms with Crippen LogP contribution in [-0.4, -0.2) is 26.1 Å². The Morgan fingerprint density at radius 2 is 2.22 bits per heavy atom. The molecule has 7 heteroatoms. The first-order chi connectivity index (χ1) is 8.77. The van der Waals surface area contributed by atoms with E-state index in [1.54, 1.807) is 6.20 Å². The number of nitrogens with zero attached hydrogens (tertiary/aromatic N) is 4. The van der Waals surface area contributed by atoms with Crippen LogP contribution in [0.15, 0.2) is 25.0 Å². The maximum atomic E-state index is 5.96. The van der Waals surface area contributed by atoms with Crippen LogP contribution < -0.4 is 11.1 Å². The standard InChI is InChI=1S/C11H15ClN6/c12-9-10(13)16-7-17-11(9)15-3-1-2-5-18-6-4-14-8-18/h4,6-8H,1-3,5H2,(H3,13,15,16,17). The van der Waals surface area contributed by atoms with Gasteiger partial charge in [0.1, 0.15) is 23.0 Å². The lowest BCUT2D eigenvalue weighted by molar-refractivity contribution is 0.620. The van der Waals surface area contributed by atoms with E-state index in [0.717, 1.165) is 25.9 Å². The zero-order chi connectivity index (χ0) is 12.8. The summed E-state index contributed by atoms with van der Waals surface area (Å²) in [6.45, 7) is 1.76. The molecule has 0 radical (unpaired) electrons. The number of halogens is 1. The fourth-order valence-corrected chi connectivity index (χ4v) is 1.72. The molecule has 2 aromatic heterocycles. The summed E-state index contributed by atoms with van der Waals surface area (Å²) < 4.78 is 2.05. The Hall–Kier alpha value is -1.82. The van der Waals surface area contributed by atoms with Crippen LogP contribution in [0.25, 0.3) is 0 Å². The van der Waals surface area contributed by atoms with Gasteiger partial charge in [0.25, 0.3) is 0 Å². The monoisotopic (exact) mass is 266 g/mol. The van der Waals surface area contributed by atoms with Crippen molar-refractivity contribution in [2.75, 3.05) is 17.6 Å². The molecule has 0 saturated carbocycles. The summed E-state index contributed by atoms with van der Waals surface area (Å²) >= 11 is 5.96. The van der Waals surface area contributed by atoms with Crippen LogP contribution in [-0.2, 0) is 6.54 Å². The number of hydrogen-bond donors (Lipinski definition) is 2. The number of aryl methyl sites for hydroxylation is 1. The SMILES string of the molecule is Nc1ncnc(NCCCCn2ccnc2)c1Cl. The molecule has 0 aliphatic rings. The van der Waals surface area contributed by atoms with Gasteiger partial charge in [-0.3, -0.25) is 0 Å². The van der Waals surface area contributed by atoms with Crippen LogP contribution >= 0.6 is 11.6 Å². The van der Waals surface area contributed by atoms with Gasteiger partial charge >= 0.3 is 0 Å². The number of anilines is 2. The third kappa shape index (κ3) is 3.33. The van der Waals surface area contributed by atoms with Crippen LogP contribution in [0.5, 0.6) is 0 Å². The Morgan fingerprint density at radius 3 is 3.00 bits per heavy atom. The largest absolute Gasteiger partial charge is 0.382 e. The Kier molecular flexibility index (Phi) is 4.35. The predicted octanol–water partition coefficient (Wildman–Crippen LogP) is 1.80. The van der Waals surface area contributed by atoms with Crippen molar-refractivity contribution < 1.29 is 0 Å². The molecule has 0 aliphatic heterocycles.